The fourth-order valence-corrected chi connectivity index (χ4v) is 1.63. The molecule has 0 unspecified atom stereocenters. The Morgan fingerprint density at radius 2 is 2.06 bits per heavy atom. The number of amides is 1. The Morgan fingerprint density at radius 3 is 2.75 bits per heavy atom. The van der Waals surface area contributed by atoms with Gasteiger partial charge in [0.1, 0.15) is 0 Å². The summed E-state index contributed by atoms with van der Waals surface area (Å²) in [7, 11) is 0. The summed E-state index contributed by atoms with van der Waals surface area (Å²) in [6, 6.07) is 4.99. The Balaban J connectivity index is 2.56. The third-order valence-corrected chi connectivity index (χ3v) is 2.93. The van der Waals surface area contributed by atoms with Crippen molar-refractivity contribution in [3.05, 3.63) is 33.8 Å². The Bertz CT molecular complexity index is 369. The highest BCUT2D eigenvalue weighted by Crippen LogP contribution is 2.25. The predicted octanol–water partition coefficient (Wildman–Crippen LogP) is 2.46. The molecule has 0 atom stereocenters. The smallest absolute Gasteiger partial charge is 0.252 e. The average Bonchev–Trinajstić information content (AvgIpc) is 2.28. The molecular formula is C11H14Cl2N2O. The van der Waals surface area contributed by atoms with Crippen molar-refractivity contribution in [1.82, 2.24) is 5.32 Å². The van der Waals surface area contributed by atoms with E-state index in [-0.39, 0.29) is 5.91 Å². The maximum Gasteiger partial charge on any atom is 0.252 e. The molecule has 5 heteroatoms. The molecule has 0 radical (unpaired) electrons. The average molecular weight is 261 g/mol. The van der Waals surface area contributed by atoms with Crippen molar-refractivity contribution in [2.24, 2.45) is 5.73 Å². The van der Waals surface area contributed by atoms with E-state index >= 15 is 0 Å². The number of carbonyl (C=O) groups is 1. The number of halogens is 2. The molecule has 0 saturated carbocycles. The van der Waals surface area contributed by atoms with Crippen LogP contribution in [-0.4, -0.2) is 19.0 Å². The van der Waals surface area contributed by atoms with Crippen LogP contribution in [0.4, 0.5) is 0 Å². The Morgan fingerprint density at radius 1 is 1.31 bits per heavy atom. The second kappa shape index (κ2) is 6.74. The van der Waals surface area contributed by atoms with Gasteiger partial charge in [-0.05, 0) is 31.5 Å². The van der Waals surface area contributed by atoms with Crippen molar-refractivity contribution < 1.29 is 4.79 Å². The van der Waals surface area contributed by atoms with Crippen LogP contribution in [0.2, 0.25) is 10.0 Å². The van der Waals surface area contributed by atoms with Gasteiger partial charge in [-0.2, -0.15) is 0 Å². The summed E-state index contributed by atoms with van der Waals surface area (Å²) < 4.78 is 0. The molecule has 1 amide bonds. The monoisotopic (exact) mass is 260 g/mol. The zero-order valence-corrected chi connectivity index (χ0v) is 10.3. The van der Waals surface area contributed by atoms with Crippen molar-refractivity contribution in [1.29, 1.82) is 0 Å². The molecule has 1 aromatic carbocycles. The lowest BCUT2D eigenvalue weighted by atomic mass is 10.2. The van der Waals surface area contributed by atoms with Crippen LogP contribution in [0.25, 0.3) is 0 Å². The fraction of sp³-hybridized carbons (Fsp3) is 0.364. The molecule has 16 heavy (non-hydrogen) atoms. The second-order valence-electron chi connectivity index (χ2n) is 3.35. The molecule has 0 aromatic heterocycles. The highest BCUT2D eigenvalue weighted by Gasteiger charge is 2.11. The molecule has 0 fully saturated rings. The minimum Gasteiger partial charge on any atom is -0.352 e. The number of benzene rings is 1. The molecule has 3 N–H and O–H groups in total. The van der Waals surface area contributed by atoms with Crippen molar-refractivity contribution in [3.63, 3.8) is 0 Å². The van der Waals surface area contributed by atoms with Gasteiger partial charge in [0.05, 0.1) is 15.6 Å². The predicted molar refractivity (Wildman–Crippen MR) is 67.1 cm³/mol. The van der Waals surface area contributed by atoms with Crippen LogP contribution < -0.4 is 11.1 Å². The molecule has 0 aliphatic carbocycles. The Kier molecular flexibility index (Phi) is 5.60. The van der Waals surface area contributed by atoms with E-state index in [1.807, 2.05) is 0 Å². The summed E-state index contributed by atoms with van der Waals surface area (Å²) in [6.45, 7) is 1.23. The van der Waals surface area contributed by atoms with Crippen LogP contribution in [0.5, 0.6) is 0 Å². The summed E-state index contributed by atoms with van der Waals surface area (Å²) >= 11 is 11.7. The molecular weight excluding hydrogens is 247 g/mol. The molecule has 1 aromatic rings. The van der Waals surface area contributed by atoms with E-state index in [1.54, 1.807) is 18.2 Å². The highest BCUT2D eigenvalue weighted by atomic mass is 35.5. The summed E-state index contributed by atoms with van der Waals surface area (Å²) in [4.78, 5) is 11.7. The van der Waals surface area contributed by atoms with E-state index in [4.69, 9.17) is 28.9 Å². The number of nitrogens with one attached hydrogen (secondary N) is 1. The minimum absolute atomic E-state index is 0.204. The quantitative estimate of drug-likeness (QED) is 0.800. The standard InChI is InChI=1S/C11H14Cl2N2O/c12-9-5-3-4-8(10(9)13)11(16)15-7-2-1-6-14/h3-5H,1-2,6-7,14H2,(H,15,16). The van der Waals surface area contributed by atoms with Crippen LogP contribution in [0.15, 0.2) is 18.2 Å². The lowest BCUT2D eigenvalue weighted by Crippen LogP contribution is -2.25. The van der Waals surface area contributed by atoms with Gasteiger partial charge in [-0.3, -0.25) is 4.79 Å². The number of hydrogen-bond acceptors (Lipinski definition) is 2. The van der Waals surface area contributed by atoms with Gasteiger partial charge in [0.2, 0.25) is 0 Å². The van der Waals surface area contributed by atoms with Crippen LogP contribution >= 0.6 is 23.2 Å². The first-order chi connectivity index (χ1) is 7.66. The first-order valence-electron chi connectivity index (χ1n) is 5.09. The Hall–Kier alpha value is -0.770. The van der Waals surface area contributed by atoms with Crippen molar-refractivity contribution in [3.8, 4) is 0 Å². The third kappa shape index (κ3) is 3.67. The molecule has 0 saturated heterocycles. The summed E-state index contributed by atoms with van der Waals surface area (Å²) in [5.41, 5.74) is 5.75. The van der Waals surface area contributed by atoms with Crippen LogP contribution in [0, 0.1) is 0 Å². The lowest BCUT2D eigenvalue weighted by molar-refractivity contribution is 0.0953. The number of nitrogens with two attached hydrogens (primary N) is 1. The molecule has 3 nitrogen and oxygen atoms in total. The molecule has 0 bridgehead atoms. The number of carbonyl (C=O) groups excluding carboxylic acids is 1. The maximum atomic E-state index is 11.7. The first-order valence-corrected chi connectivity index (χ1v) is 5.84. The van der Waals surface area contributed by atoms with Crippen molar-refractivity contribution >= 4 is 29.1 Å². The molecule has 0 heterocycles. The van der Waals surface area contributed by atoms with Crippen LogP contribution in [0.1, 0.15) is 23.2 Å². The van der Waals surface area contributed by atoms with E-state index < -0.39 is 0 Å². The molecule has 0 aliphatic rings. The lowest BCUT2D eigenvalue weighted by Gasteiger charge is -2.07. The van der Waals surface area contributed by atoms with E-state index in [2.05, 4.69) is 5.32 Å². The van der Waals surface area contributed by atoms with Gasteiger partial charge in [0, 0.05) is 6.54 Å². The van der Waals surface area contributed by atoms with Gasteiger partial charge < -0.3 is 11.1 Å². The van der Waals surface area contributed by atoms with Gasteiger partial charge in [0.25, 0.3) is 5.91 Å². The zero-order chi connectivity index (χ0) is 12.0. The molecule has 88 valence electrons. The second-order valence-corrected chi connectivity index (χ2v) is 4.14. The fourth-order valence-electron chi connectivity index (χ4n) is 1.25. The summed E-state index contributed by atoms with van der Waals surface area (Å²) in [5, 5.41) is 3.44. The van der Waals surface area contributed by atoms with Gasteiger partial charge in [-0.25, -0.2) is 0 Å². The van der Waals surface area contributed by atoms with Gasteiger partial charge >= 0.3 is 0 Å². The van der Waals surface area contributed by atoms with Gasteiger partial charge in [-0.1, -0.05) is 29.3 Å². The van der Waals surface area contributed by atoms with Gasteiger partial charge in [0.15, 0.2) is 0 Å². The third-order valence-electron chi connectivity index (χ3n) is 2.11. The summed E-state index contributed by atoms with van der Waals surface area (Å²) in [5.74, 6) is -0.204. The van der Waals surface area contributed by atoms with E-state index in [0.717, 1.165) is 12.8 Å². The zero-order valence-electron chi connectivity index (χ0n) is 8.80. The SMILES string of the molecule is NCCCCNC(=O)c1cccc(Cl)c1Cl. The van der Waals surface area contributed by atoms with Crippen molar-refractivity contribution in [2.45, 2.75) is 12.8 Å². The van der Waals surface area contributed by atoms with Crippen molar-refractivity contribution in [2.75, 3.05) is 13.1 Å². The largest absolute Gasteiger partial charge is 0.352 e. The number of hydrogen-bond donors (Lipinski definition) is 2. The van der Waals surface area contributed by atoms with Crippen LogP contribution in [-0.2, 0) is 0 Å². The number of unbranched alkanes of at least 4 members (excludes halogenated alkanes) is 1. The minimum atomic E-state index is -0.204. The van der Waals surface area contributed by atoms with Crippen LogP contribution in [0.3, 0.4) is 0 Å². The topological polar surface area (TPSA) is 55.1 Å². The van der Waals surface area contributed by atoms with Gasteiger partial charge in [-0.15, -0.1) is 0 Å². The van der Waals surface area contributed by atoms with E-state index in [1.165, 1.54) is 0 Å². The highest BCUT2D eigenvalue weighted by molar-refractivity contribution is 6.43. The normalized spacial score (nSPS) is 10.2. The Labute approximate surface area is 105 Å². The molecule has 1 rings (SSSR count). The molecule has 0 spiro atoms. The molecule has 0 aliphatic heterocycles. The van der Waals surface area contributed by atoms with E-state index in [9.17, 15) is 4.79 Å². The number of rotatable bonds is 5. The van der Waals surface area contributed by atoms with E-state index in [0.29, 0.717) is 28.7 Å². The summed E-state index contributed by atoms with van der Waals surface area (Å²) in [6.07, 6.45) is 1.75. The first kappa shape index (κ1) is 13.3. The maximum absolute atomic E-state index is 11.7.